The van der Waals surface area contributed by atoms with E-state index in [0.717, 1.165) is 12.8 Å². The van der Waals surface area contributed by atoms with Crippen molar-refractivity contribution >= 4 is 17.7 Å². The van der Waals surface area contributed by atoms with Crippen molar-refractivity contribution in [3.63, 3.8) is 0 Å². The molecular formula is C19H25FN2O5. The predicted molar refractivity (Wildman–Crippen MR) is 96.4 cm³/mol. The number of urea groups is 1. The van der Waals surface area contributed by atoms with Crippen LogP contribution in [0.1, 0.15) is 26.2 Å². The highest BCUT2D eigenvalue weighted by Gasteiger charge is 2.32. The maximum Gasteiger partial charge on any atom is 0.321 e. The van der Waals surface area contributed by atoms with Crippen molar-refractivity contribution in [3.8, 4) is 5.75 Å². The molecular weight excluding hydrogens is 355 g/mol. The number of piperidine rings is 1. The monoisotopic (exact) mass is 380 g/mol. The molecule has 1 aromatic carbocycles. The van der Waals surface area contributed by atoms with E-state index in [0.29, 0.717) is 31.9 Å². The lowest BCUT2D eigenvalue weighted by atomic mass is 9.91. The van der Waals surface area contributed by atoms with Crippen molar-refractivity contribution in [2.45, 2.75) is 32.3 Å². The van der Waals surface area contributed by atoms with Gasteiger partial charge in [0.05, 0.1) is 17.7 Å². The van der Waals surface area contributed by atoms with Crippen LogP contribution in [0.4, 0.5) is 14.9 Å². The molecule has 0 radical (unpaired) electrons. The van der Waals surface area contributed by atoms with Crippen molar-refractivity contribution in [1.82, 2.24) is 4.90 Å². The molecule has 27 heavy (non-hydrogen) atoms. The van der Waals surface area contributed by atoms with Crippen LogP contribution in [-0.2, 0) is 9.53 Å². The maximum absolute atomic E-state index is 13.7. The van der Waals surface area contributed by atoms with E-state index >= 15 is 0 Å². The Morgan fingerprint density at radius 3 is 2.93 bits per heavy atom. The first kappa shape index (κ1) is 19.4. The van der Waals surface area contributed by atoms with Crippen molar-refractivity contribution in [2.75, 3.05) is 31.6 Å². The summed E-state index contributed by atoms with van der Waals surface area (Å²) in [5, 5.41) is 11.9. The van der Waals surface area contributed by atoms with E-state index in [4.69, 9.17) is 9.47 Å². The Morgan fingerprint density at radius 1 is 1.41 bits per heavy atom. The molecule has 2 fully saturated rings. The van der Waals surface area contributed by atoms with Gasteiger partial charge in [0.25, 0.3) is 0 Å². The first-order valence-corrected chi connectivity index (χ1v) is 9.25. The number of halogens is 1. The summed E-state index contributed by atoms with van der Waals surface area (Å²) in [7, 11) is 0. The van der Waals surface area contributed by atoms with Gasteiger partial charge in [0.2, 0.25) is 0 Å². The molecule has 2 N–H and O–H groups in total. The Morgan fingerprint density at radius 2 is 2.22 bits per heavy atom. The lowest BCUT2D eigenvalue weighted by Gasteiger charge is -2.34. The first-order chi connectivity index (χ1) is 12.9. The minimum atomic E-state index is -0.911. The van der Waals surface area contributed by atoms with Crippen LogP contribution in [0.15, 0.2) is 18.2 Å². The van der Waals surface area contributed by atoms with Gasteiger partial charge < -0.3 is 24.8 Å². The fourth-order valence-corrected chi connectivity index (χ4v) is 3.57. The summed E-state index contributed by atoms with van der Waals surface area (Å²) in [6.07, 6.45) is 2.43. The maximum atomic E-state index is 13.7. The van der Waals surface area contributed by atoms with Gasteiger partial charge in [-0.2, -0.15) is 0 Å². The van der Waals surface area contributed by atoms with Crippen LogP contribution < -0.4 is 10.1 Å². The Balaban J connectivity index is 1.67. The molecule has 0 saturated carbocycles. The van der Waals surface area contributed by atoms with E-state index in [9.17, 15) is 19.1 Å². The summed E-state index contributed by atoms with van der Waals surface area (Å²) >= 11 is 0. The van der Waals surface area contributed by atoms with Gasteiger partial charge in [-0.1, -0.05) is 6.92 Å². The third kappa shape index (κ3) is 5.09. The number of aliphatic carboxylic acids is 1. The van der Waals surface area contributed by atoms with E-state index < -0.39 is 23.7 Å². The number of anilines is 1. The minimum absolute atomic E-state index is 0.00197. The second kappa shape index (κ2) is 8.56. The molecule has 2 aliphatic heterocycles. The van der Waals surface area contributed by atoms with Crippen molar-refractivity contribution in [3.05, 3.63) is 24.0 Å². The number of rotatable bonds is 5. The van der Waals surface area contributed by atoms with Crippen LogP contribution in [-0.4, -0.2) is 54.4 Å². The number of likely N-dealkylation sites (tertiary alicyclic amines) is 1. The number of hydrogen-bond acceptors (Lipinski definition) is 4. The number of nitrogens with one attached hydrogen (secondary N) is 1. The summed E-state index contributed by atoms with van der Waals surface area (Å²) in [5.41, 5.74) is 0.225. The van der Waals surface area contributed by atoms with Crippen molar-refractivity contribution in [2.24, 2.45) is 11.8 Å². The van der Waals surface area contributed by atoms with Crippen LogP contribution in [0.25, 0.3) is 0 Å². The highest BCUT2D eigenvalue weighted by Crippen LogP contribution is 2.28. The Labute approximate surface area is 157 Å². The molecule has 0 aromatic heterocycles. The molecule has 8 heteroatoms. The molecule has 148 valence electrons. The lowest BCUT2D eigenvalue weighted by Crippen LogP contribution is -2.47. The number of ether oxygens (including phenoxy) is 2. The van der Waals surface area contributed by atoms with Gasteiger partial charge >= 0.3 is 12.0 Å². The Bertz CT molecular complexity index is 693. The lowest BCUT2D eigenvalue weighted by molar-refractivity contribution is -0.143. The molecule has 7 nitrogen and oxygen atoms in total. The molecule has 3 atom stereocenters. The Kier molecular flexibility index (Phi) is 6.15. The molecule has 2 amide bonds. The topological polar surface area (TPSA) is 88.1 Å². The highest BCUT2D eigenvalue weighted by atomic mass is 19.1. The third-order valence-corrected chi connectivity index (χ3v) is 4.93. The Hall–Kier alpha value is -2.35. The number of carboxylic acids is 1. The molecule has 2 heterocycles. The quantitative estimate of drug-likeness (QED) is 0.820. The van der Waals surface area contributed by atoms with Crippen molar-refractivity contribution in [1.29, 1.82) is 0 Å². The smallest absolute Gasteiger partial charge is 0.321 e. The summed E-state index contributed by atoms with van der Waals surface area (Å²) in [6.45, 7) is 3.53. The average molecular weight is 380 g/mol. The van der Waals surface area contributed by atoms with Crippen LogP contribution in [0.2, 0.25) is 0 Å². The molecule has 1 aromatic rings. The molecule has 0 aliphatic carbocycles. The predicted octanol–water partition coefficient (Wildman–Crippen LogP) is 2.96. The second-order valence-corrected chi connectivity index (χ2v) is 7.30. The molecule has 0 spiro atoms. The minimum Gasteiger partial charge on any atom is -0.489 e. The van der Waals surface area contributed by atoms with Gasteiger partial charge in [0, 0.05) is 25.8 Å². The van der Waals surface area contributed by atoms with Gasteiger partial charge in [-0.15, -0.1) is 0 Å². The van der Waals surface area contributed by atoms with Crippen molar-refractivity contribution < 1.29 is 28.6 Å². The summed E-state index contributed by atoms with van der Waals surface area (Å²) in [5.74, 6) is -1.56. The standard InChI is InChI=1S/C19H25FN2O5/c1-12-7-13(18(23)24)10-22(9-12)19(25)21-16-8-14(20)4-5-17(16)27-11-15-3-2-6-26-15/h4-5,8,12-13,15H,2-3,6-7,9-11H2,1H3,(H,21,25)(H,23,24). The van der Waals surface area contributed by atoms with E-state index in [2.05, 4.69) is 5.32 Å². The number of carboxylic acid groups (broad SMARTS) is 1. The van der Waals surface area contributed by atoms with Gasteiger partial charge in [0.15, 0.2) is 0 Å². The van der Waals surface area contributed by atoms with E-state index in [-0.39, 0.29) is 24.3 Å². The number of carbonyl (C=O) groups is 2. The van der Waals surface area contributed by atoms with Crippen LogP contribution in [0.3, 0.4) is 0 Å². The summed E-state index contributed by atoms with van der Waals surface area (Å²) in [4.78, 5) is 25.4. The zero-order valence-electron chi connectivity index (χ0n) is 15.3. The molecule has 2 saturated heterocycles. The fraction of sp³-hybridized carbons (Fsp3) is 0.579. The number of carbonyl (C=O) groups excluding carboxylic acids is 1. The number of hydrogen-bond donors (Lipinski definition) is 2. The second-order valence-electron chi connectivity index (χ2n) is 7.30. The van der Waals surface area contributed by atoms with Gasteiger partial charge in [-0.25, -0.2) is 9.18 Å². The van der Waals surface area contributed by atoms with E-state index in [1.165, 1.54) is 23.1 Å². The molecule has 0 bridgehead atoms. The average Bonchev–Trinajstić information content (AvgIpc) is 3.14. The van der Waals surface area contributed by atoms with Gasteiger partial charge in [0.1, 0.15) is 18.2 Å². The molecule has 2 aliphatic rings. The largest absolute Gasteiger partial charge is 0.489 e. The first-order valence-electron chi connectivity index (χ1n) is 9.25. The van der Waals surface area contributed by atoms with E-state index in [1.54, 1.807) is 0 Å². The van der Waals surface area contributed by atoms with Crippen LogP contribution in [0, 0.1) is 17.7 Å². The number of benzene rings is 1. The fourth-order valence-electron chi connectivity index (χ4n) is 3.57. The summed E-state index contributed by atoms with van der Waals surface area (Å²) < 4.78 is 24.9. The van der Waals surface area contributed by atoms with Gasteiger partial charge in [-0.3, -0.25) is 4.79 Å². The number of amides is 2. The SMILES string of the molecule is CC1CC(C(=O)O)CN(C(=O)Nc2cc(F)ccc2OCC2CCCO2)C1. The highest BCUT2D eigenvalue weighted by molar-refractivity contribution is 5.91. The normalized spacial score (nSPS) is 25.3. The number of nitrogens with zero attached hydrogens (tertiary/aromatic N) is 1. The molecule has 3 unspecified atom stereocenters. The van der Waals surface area contributed by atoms with Crippen LogP contribution in [0.5, 0.6) is 5.75 Å². The zero-order valence-corrected chi connectivity index (χ0v) is 15.3. The van der Waals surface area contributed by atoms with Crippen LogP contribution >= 0.6 is 0 Å². The van der Waals surface area contributed by atoms with E-state index in [1.807, 2.05) is 6.92 Å². The zero-order chi connectivity index (χ0) is 19.4. The summed E-state index contributed by atoms with van der Waals surface area (Å²) in [6, 6.07) is 3.48. The van der Waals surface area contributed by atoms with Gasteiger partial charge in [-0.05, 0) is 37.3 Å². The molecule has 3 rings (SSSR count). The third-order valence-electron chi connectivity index (χ3n) is 4.93.